The summed E-state index contributed by atoms with van der Waals surface area (Å²) in [6, 6.07) is 6.30. The van der Waals surface area contributed by atoms with Gasteiger partial charge >= 0.3 is 0 Å². The Morgan fingerprint density at radius 3 is 2.67 bits per heavy atom. The van der Waals surface area contributed by atoms with Crippen LogP contribution in [0.2, 0.25) is 0 Å². The molecule has 0 amide bonds. The highest BCUT2D eigenvalue weighted by molar-refractivity contribution is 9.11. The minimum absolute atomic E-state index is 0.269. The summed E-state index contributed by atoms with van der Waals surface area (Å²) < 4.78 is 1.98. The van der Waals surface area contributed by atoms with E-state index in [2.05, 4.69) is 54.1 Å². The van der Waals surface area contributed by atoms with E-state index >= 15 is 0 Å². The first kappa shape index (κ1) is 13.6. The van der Waals surface area contributed by atoms with Crippen LogP contribution in [0, 0.1) is 0 Å². The molecule has 0 aromatic carbocycles. The maximum atomic E-state index is 4.37. The number of rotatable bonds is 4. The molecule has 2 heterocycles. The Kier molecular flexibility index (Phi) is 4.86. The third kappa shape index (κ3) is 3.60. The van der Waals surface area contributed by atoms with Crippen molar-refractivity contribution in [3.05, 3.63) is 57.0 Å². The van der Waals surface area contributed by atoms with Crippen molar-refractivity contribution in [2.45, 2.75) is 19.5 Å². The van der Waals surface area contributed by atoms with Crippen LogP contribution in [0.1, 0.15) is 24.2 Å². The number of pyridine rings is 2. The first-order chi connectivity index (χ1) is 8.66. The molecular weight excluding hydrogens is 358 g/mol. The Morgan fingerprint density at radius 2 is 2.00 bits per heavy atom. The predicted octanol–water partition coefficient (Wildman–Crippen LogP) is 3.85. The Morgan fingerprint density at radius 1 is 1.28 bits per heavy atom. The Hall–Kier alpha value is -0.780. The molecule has 2 rings (SSSR count). The molecule has 0 radical (unpaired) electrons. The smallest absolute Gasteiger partial charge is 0.0684 e. The van der Waals surface area contributed by atoms with Crippen molar-refractivity contribution in [1.29, 1.82) is 0 Å². The highest BCUT2D eigenvalue weighted by Gasteiger charge is 2.07. The molecule has 0 bridgehead atoms. The SMILES string of the molecule is C[C@H](NCc1ncc(Br)cc1Br)c1ccncc1. The molecule has 3 nitrogen and oxygen atoms in total. The highest BCUT2D eigenvalue weighted by atomic mass is 79.9. The largest absolute Gasteiger partial charge is 0.305 e. The van der Waals surface area contributed by atoms with Crippen LogP contribution in [0.15, 0.2) is 45.7 Å². The van der Waals surface area contributed by atoms with Crippen molar-refractivity contribution < 1.29 is 0 Å². The van der Waals surface area contributed by atoms with Gasteiger partial charge in [-0.25, -0.2) is 0 Å². The first-order valence-corrected chi connectivity index (χ1v) is 7.18. The summed E-state index contributed by atoms with van der Waals surface area (Å²) in [6.07, 6.45) is 5.42. The fourth-order valence-electron chi connectivity index (χ4n) is 1.59. The zero-order valence-electron chi connectivity index (χ0n) is 9.90. The quantitative estimate of drug-likeness (QED) is 0.888. The number of nitrogens with one attached hydrogen (secondary N) is 1. The molecule has 0 saturated heterocycles. The summed E-state index contributed by atoms with van der Waals surface area (Å²) in [5, 5.41) is 3.44. The van der Waals surface area contributed by atoms with Gasteiger partial charge in [0, 0.05) is 40.1 Å². The van der Waals surface area contributed by atoms with E-state index in [4.69, 9.17) is 0 Å². The summed E-state index contributed by atoms with van der Waals surface area (Å²) in [5.74, 6) is 0. The zero-order chi connectivity index (χ0) is 13.0. The molecule has 2 aromatic rings. The lowest BCUT2D eigenvalue weighted by Crippen LogP contribution is -2.19. The summed E-state index contributed by atoms with van der Waals surface area (Å²) in [4.78, 5) is 8.39. The van der Waals surface area contributed by atoms with Gasteiger partial charge in [0.15, 0.2) is 0 Å². The fourth-order valence-corrected chi connectivity index (χ4v) is 2.72. The number of hydrogen-bond acceptors (Lipinski definition) is 3. The average molecular weight is 371 g/mol. The topological polar surface area (TPSA) is 37.8 Å². The van der Waals surface area contributed by atoms with Gasteiger partial charge in [-0.1, -0.05) is 0 Å². The van der Waals surface area contributed by atoms with Crippen LogP contribution in [0.4, 0.5) is 0 Å². The Labute approximate surface area is 123 Å². The second-order valence-electron chi connectivity index (χ2n) is 3.97. The van der Waals surface area contributed by atoms with Crippen LogP contribution < -0.4 is 5.32 Å². The summed E-state index contributed by atoms with van der Waals surface area (Å²) >= 11 is 6.90. The molecule has 5 heteroatoms. The van der Waals surface area contributed by atoms with Gasteiger partial charge in [-0.15, -0.1) is 0 Å². The van der Waals surface area contributed by atoms with E-state index in [0.29, 0.717) is 0 Å². The molecule has 0 unspecified atom stereocenters. The zero-order valence-corrected chi connectivity index (χ0v) is 13.1. The molecule has 94 valence electrons. The van der Waals surface area contributed by atoms with Gasteiger partial charge in [-0.2, -0.15) is 0 Å². The lowest BCUT2D eigenvalue weighted by atomic mass is 10.1. The highest BCUT2D eigenvalue weighted by Crippen LogP contribution is 2.20. The van der Waals surface area contributed by atoms with Crippen molar-refractivity contribution in [1.82, 2.24) is 15.3 Å². The van der Waals surface area contributed by atoms with E-state index in [0.717, 1.165) is 21.2 Å². The van der Waals surface area contributed by atoms with E-state index in [1.165, 1.54) is 5.56 Å². The van der Waals surface area contributed by atoms with Gasteiger partial charge in [0.2, 0.25) is 0 Å². The van der Waals surface area contributed by atoms with Crippen molar-refractivity contribution in [3.63, 3.8) is 0 Å². The summed E-state index contributed by atoms with van der Waals surface area (Å²) in [7, 11) is 0. The van der Waals surface area contributed by atoms with E-state index in [9.17, 15) is 0 Å². The molecule has 1 N–H and O–H groups in total. The molecule has 0 spiro atoms. The second kappa shape index (κ2) is 6.41. The van der Waals surface area contributed by atoms with Crippen molar-refractivity contribution in [3.8, 4) is 0 Å². The number of nitrogens with zero attached hydrogens (tertiary/aromatic N) is 2. The third-order valence-corrected chi connectivity index (χ3v) is 3.79. The molecule has 1 atom stereocenters. The molecule has 18 heavy (non-hydrogen) atoms. The van der Waals surface area contributed by atoms with Crippen molar-refractivity contribution in [2.24, 2.45) is 0 Å². The maximum Gasteiger partial charge on any atom is 0.0684 e. The minimum Gasteiger partial charge on any atom is -0.305 e. The molecular formula is C13H13Br2N3. The summed E-state index contributed by atoms with van der Waals surface area (Å²) in [6.45, 7) is 2.85. The van der Waals surface area contributed by atoms with Gasteiger partial charge in [-0.05, 0) is 62.5 Å². The van der Waals surface area contributed by atoms with Gasteiger partial charge < -0.3 is 5.32 Å². The molecule has 0 fully saturated rings. The Balaban J connectivity index is 1.99. The van der Waals surface area contributed by atoms with Crippen LogP contribution in [-0.2, 0) is 6.54 Å². The van der Waals surface area contributed by atoms with Gasteiger partial charge in [0.1, 0.15) is 0 Å². The third-order valence-electron chi connectivity index (χ3n) is 2.67. The van der Waals surface area contributed by atoms with E-state index in [1.54, 1.807) is 18.6 Å². The van der Waals surface area contributed by atoms with E-state index in [-0.39, 0.29) is 6.04 Å². The molecule has 0 saturated carbocycles. The average Bonchev–Trinajstić information content (AvgIpc) is 2.38. The lowest BCUT2D eigenvalue weighted by Gasteiger charge is -2.14. The van der Waals surface area contributed by atoms with Crippen LogP contribution in [0.25, 0.3) is 0 Å². The normalized spacial score (nSPS) is 12.4. The molecule has 0 aliphatic rings. The van der Waals surface area contributed by atoms with E-state index < -0.39 is 0 Å². The lowest BCUT2D eigenvalue weighted by molar-refractivity contribution is 0.566. The Bertz CT molecular complexity index is 517. The van der Waals surface area contributed by atoms with Crippen molar-refractivity contribution in [2.75, 3.05) is 0 Å². The fraction of sp³-hybridized carbons (Fsp3) is 0.231. The monoisotopic (exact) mass is 369 g/mol. The van der Waals surface area contributed by atoms with E-state index in [1.807, 2.05) is 18.2 Å². The van der Waals surface area contributed by atoms with Gasteiger partial charge in [-0.3, -0.25) is 9.97 Å². The minimum atomic E-state index is 0.269. The number of hydrogen-bond donors (Lipinski definition) is 1. The number of halogens is 2. The molecule has 2 aromatic heterocycles. The van der Waals surface area contributed by atoms with Gasteiger partial charge in [0.05, 0.1) is 5.69 Å². The first-order valence-electron chi connectivity index (χ1n) is 5.60. The standard InChI is InChI=1S/C13H13Br2N3/c1-9(10-2-4-16-5-3-10)17-8-13-12(15)6-11(14)7-18-13/h2-7,9,17H,8H2,1H3/t9-/m0/s1. The van der Waals surface area contributed by atoms with Crippen LogP contribution in [-0.4, -0.2) is 9.97 Å². The second-order valence-corrected chi connectivity index (χ2v) is 5.74. The predicted molar refractivity (Wildman–Crippen MR) is 79.1 cm³/mol. The summed E-state index contributed by atoms with van der Waals surface area (Å²) in [5.41, 5.74) is 2.22. The molecule has 0 aliphatic carbocycles. The van der Waals surface area contributed by atoms with Crippen molar-refractivity contribution >= 4 is 31.9 Å². The molecule has 0 aliphatic heterocycles. The van der Waals surface area contributed by atoms with Crippen LogP contribution in [0.5, 0.6) is 0 Å². The van der Waals surface area contributed by atoms with Gasteiger partial charge in [0.25, 0.3) is 0 Å². The van der Waals surface area contributed by atoms with Crippen LogP contribution in [0.3, 0.4) is 0 Å². The maximum absolute atomic E-state index is 4.37. The number of aromatic nitrogens is 2. The van der Waals surface area contributed by atoms with Crippen LogP contribution >= 0.6 is 31.9 Å².